The van der Waals surface area contributed by atoms with Crippen molar-refractivity contribution in [3.8, 4) is 22.8 Å². The Morgan fingerprint density at radius 1 is 0.967 bits per heavy atom. The number of carbonyl (C=O) groups is 1. The third kappa shape index (κ3) is 3.57. The zero-order chi connectivity index (χ0) is 20.5. The summed E-state index contributed by atoms with van der Waals surface area (Å²) in [6, 6.07) is 17.5. The molecule has 2 aromatic carbocycles. The molecule has 4 aromatic rings. The number of hydrogen-bond acceptors (Lipinski definition) is 4. The van der Waals surface area contributed by atoms with Crippen LogP contribution < -0.4 is 4.74 Å². The SMILES string of the molecule is O=C1CCC(c2nc(-c3ccc(Oc4ccccc4)cc3)c3c(Cl)nccn23)CC1. The molecule has 0 saturated heterocycles. The van der Waals surface area contributed by atoms with Gasteiger partial charge in [0.25, 0.3) is 0 Å². The zero-order valence-electron chi connectivity index (χ0n) is 16.3. The van der Waals surface area contributed by atoms with E-state index in [1.54, 1.807) is 6.20 Å². The highest BCUT2D eigenvalue weighted by atomic mass is 35.5. The van der Waals surface area contributed by atoms with Gasteiger partial charge in [0.15, 0.2) is 5.15 Å². The van der Waals surface area contributed by atoms with Crippen LogP contribution in [0, 0.1) is 0 Å². The van der Waals surface area contributed by atoms with E-state index in [1.807, 2.05) is 65.2 Å². The maximum absolute atomic E-state index is 11.7. The van der Waals surface area contributed by atoms with Gasteiger partial charge in [0.1, 0.15) is 28.6 Å². The van der Waals surface area contributed by atoms with Gasteiger partial charge in [-0.15, -0.1) is 0 Å². The molecule has 1 fully saturated rings. The molecule has 0 spiro atoms. The van der Waals surface area contributed by atoms with Crippen molar-refractivity contribution in [2.75, 3.05) is 0 Å². The standard InChI is InChI=1S/C24H20ClN3O2/c25-23-22-21(16-8-12-20(13-9-16)30-19-4-2-1-3-5-19)27-24(28(22)15-14-26-23)17-6-10-18(29)11-7-17/h1-5,8-9,12-15,17H,6-7,10-11H2. The van der Waals surface area contributed by atoms with Gasteiger partial charge in [0, 0.05) is 36.7 Å². The van der Waals surface area contributed by atoms with Crippen molar-refractivity contribution in [1.82, 2.24) is 14.4 Å². The van der Waals surface area contributed by atoms with Gasteiger partial charge < -0.3 is 4.74 Å². The molecule has 150 valence electrons. The van der Waals surface area contributed by atoms with E-state index in [1.165, 1.54) is 0 Å². The molecule has 0 atom stereocenters. The molecular weight excluding hydrogens is 398 g/mol. The number of carbonyl (C=O) groups excluding carboxylic acids is 1. The van der Waals surface area contributed by atoms with Crippen LogP contribution in [0.1, 0.15) is 37.4 Å². The van der Waals surface area contributed by atoms with E-state index in [0.717, 1.165) is 46.9 Å². The van der Waals surface area contributed by atoms with E-state index in [2.05, 4.69) is 4.98 Å². The molecule has 5 rings (SSSR count). The summed E-state index contributed by atoms with van der Waals surface area (Å²) < 4.78 is 7.92. The van der Waals surface area contributed by atoms with Crippen LogP contribution in [0.15, 0.2) is 67.0 Å². The summed E-state index contributed by atoms with van der Waals surface area (Å²) in [5, 5.41) is 0.419. The second-order valence-electron chi connectivity index (χ2n) is 7.51. The smallest absolute Gasteiger partial charge is 0.155 e. The summed E-state index contributed by atoms with van der Waals surface area (Å²) in [5.41, 5.74) is 2.54. The molecule has 30 heavy (non-hydrogen) atoms. The average molecular weight is 418 g/mol. The zero-order valence-corrected chi connectivity index (χ0v) is 17.0. The molecule has 0 bridgehead atoms. The van der Waals surface area contributed by atoms with Gasteiger partial charge in [-0.25, -0.2) is 9.97 Å². The van der Waals surface area contributed by atoms with E-state index in [0.29, 0.717) is 23.8 Å². The van der Waals surface area contributed by atoms with Gasteiger partial charge in [-0.2, -0.15) is 0 Å². The minimum absolute atomic E-state index is 0.239. The largest absolute Gasteiger partial charge is 0.457 e. The van der Waals surface area contributed by atoms with Crippen LogP contribution in [-0.4, -0.2) is 20.2 Å². The second-order valence-corrected chi connectivity index (χ2v) is 7.87. The van der Waals surface area contributed by atoms with Crippen LogP contribution in [0.5, 0.6) is 11.5 Å². The maximum atomic E-state index is 11.7. The summed E-state index contributed by atoms with van der Waals surface area (Å²) in [6.07, 6.45) is 6.45. The lowest BCUT2D eigenvalue weighted by molar-refractivity contribution is -0.120. The number of hydrogen-bond donors (Lipinski definition) is 0. The van der Waals surface area contributed by atoms with E-state index in [9.17, 15) is 4.79 Å². The minimum atomic E-state index is 0.239. The predicted octanol–water partition coefficient (Wildman–Crippen LogP) is 6.07. The van der Waals surface area contributed by atoms with E-state index >= 15 is 0 Å². The maximum Gasteiger partial charge on any atom is 0.155 e. The van der Waals surface area contributed by atoms with Crippen LogP contribution in [0.2, 0.25) is 5.15 Å². The van der Waals surface area contributed by atoms with Crippen molar-refractivity contribution >= 4 is 22.9 Å². The van der Waals surface area contributed by atoms with Gasteiger partial charge >= 0.3 is 0 Å². The van der Waals surface area contributed by atoms with Crippen LogP contribution in [-0.2, 0) is 4.79 Å². The fourth-order valence-corrected chi connectivity index (χ4v) is 4.25. The number of Topliss-reactive ketones (excluding diaryl/α,β-unsaturated/α-hetero) is 1. The summed E-state index contributed by atoms with van der Waals surface area (Å²) in [7, 11) is 0. The third-order valence-electron chi connectivity index (χ3n) is 5.55. The molecule has 1 aliphatic carbocycles. The van der Waals surface area contributed by atoms with E-state index < -0.39 is 0 Å². The molecule has 1 aliphatic rings. The molecule has 2 aromatic heterocycles. The van der Waals surface area contributed by atoms with Gasteiger partial charge in [-0.3, -0.25) is 9.20 Å². The van der Waals surface area contributed by atoms with Crippen LogP contribution in [0.3, 0.4) is 0 Å². The quantitative estimate of drug-likeness (QED) is 0.404. The number of ketones is 1. The number of ether oxygens (including phenoxy) is 1. The number of nitrogens with zero attached hydrogens (tertiary/aromatic N) is 3. The molecule has 5 nitrogen and oxygen atoms in total. The first-order valence-corrected chi connectivity index (χ1v) is 10.4. The molecule has 0 radical (unpaired) electrons. The highest BCUT2D eigenvalue weighted by Crippen LogP contribution is 2.36. The van der Waals surface area contributed by atoms with Gasteiger partial charge in [-0.05, 0) is 49.2 Å². The monoisotopic (exact) mass is 417 g/mol. The lowest BCUT2D eigenvalue weighted by Gasteiger charge is -2.19. The van der Waals surface area contributed by atoms with Crippen molar-refractivity contribution in [3.05, 3.63) is 78.0 Å². The van der Waals surface area contributed by atoms with Gasteiger partial charge in [0.2, 0.25) is 0 Å². The molecule has 1 saturated carbocycles. The first-order valence-electron chi connectivity index (χ1n) is 10.1. The Kier molecular flexibility index (Phi) is 4.97. The Bertz CT molecular complexity index is 1190. The Morgan fingerprint density at radius 3 is 2.40 bits per heavy atom. The normalized spacial score (nSPS) is 14.9. The summed E-state index contributed by atoms with van der Waals surface area (Å²) in [6.45, 7) is 0. The van der Waals surface area contributed by atoms with Crippen molar-refractivity contribution in [2.45, 2.75) is 31.6 Å². The number of fused-ring (bicyclic) bond motifs is 1. The van der Waals surface area contributed by atoms with Gasteiger partial charge in [0.05, 0.1) is 5.69 Å². The number of aromatic nitrogens is 3. The molecular formula is C24H20ClN3O2. The fourth-order valence-electron chi connectivity index (χ4n) is 4.02. The summed E-state index contributed by atoms with van der Waals surface area (Å²) >= 11 is 6.48. The van der Waals surface area contributed by atoms with Crippen molar-refractivity contribution in [3.63, 3.8) is 0 Å². The Morgan fingerprint density at radius 2 is 1.67 bits per heavy atom. The molecule has 2 heterocycles. The number of para-hydroxylation sites is 1. The second kappa shape index (κ2) is 7.92. The van der Waals surface area contributed by atoms with E-state index in [-0.39, 0.29) is 5.92 Å². The van der Waals surface area contributed by atoms with Crippen LogP contribution >= 0.6 is 11.6 Å². The first kappa shape index (κ1) is 18.8. The molecule has 0 amide bonds. The number of benzene rings is 2. The Labute approximate surface area is 179 Å². The number of imidazole rings is 1. The lowest BCUT2D eigenvalue weighted by atomic mass is 9.88. The fraction of sp³-hybridized carbons (Fsp3) is 0.208. The van der Waals surface area contributed by atoms with E-state index in [4.69, 9.17) is 21.3 Å². The highest BCUT2D eigenvalue weighted by Gasteiger charge is 2.26. The molecule has 0 N–H and O–H groups in total. The van der Waals surface area contributed by atoms with Crippen molar-refractivity contribution < 1.29 is 9.53 Å². The van der Waals surface area contributed by atoms with Crippen LogP contribution in [0.4, 0.5) is 0 Å². The van der Waals surface area contributed by atoms with Gasteiger partial charge in [-0.1, -0.05) is 29.8 Å². The van der Waals surface area contributed by atoms with Crippen molar-refractivity contribution in [2.24, 2.45) is 0 Å². The van der Waals surface area contributed by atoms with Crippen LogP contribution in [0.25, 0.3) is 16.8 Å². The van der Waals surface area contributed by atoms with Crippen molar-refractivity contribution in [1.29, 1.82) is 0 Å². The summed E-state index contributed by atoms with van der Waals surface area (Å²) in [4.78, 5) is 20.9. The topological polar surface area (TPSA) is 56.5 Å². The Hall–Kier alpha value is -3.18. The predicted molar refractivity (Wildman–Crippen MR) is 116 cm³/mol. The summed E-state index contributed by atoms with van der Waals surface area (Å²) in [5.74, 6) is 3.06. The molecule has 0 unspecified atom stereocenters. The number of rotatable bonds is 4. The highest BCUT2D eigenvalue weighted by molar-refractivity contribution is 6.33. The minimum Gasteiger partial charge on any atom is -0.457 e. The molecule has 0 aliphatic heterocycles. The third-order valence-corrected chi connectivity index (χ3v) is 5.83. The Balaban J connectivity index is 1.51. The first-order chi connectivity index (χ1) is 14.7. The number of halogens is 1. The lowest BCUT2D eigenvalue weighted by Crippen LogP contribution is -2.14. The molecule has 6 heteroatoms. The average Bonchev–Trinajstić information content (AvgIpc) is 3.17.